The Bertz CT molecular complexity index is 1250. The number of rotatable bonds is 10. The van der Waals surface area contributed by atoms with Gasteiger partial charge in [-0.25, -0.2) is 0 Å². The van der Waals surface area contributed by atoms with E-state index in [2.05, 4.69) is 10.5 Å². The quantitative estimate of drug-likeness (QED) is 0.196. The summed E-state index contributed by atoms with van der Waals surface area (Å²) in [5, 5.41) is 27.1. The van der Waals surface area contributed by atoms with E-state index in [0.717, 1.165) is 17.7 Å². The fourth-order valence-corrected chi connectivity index (χ4v) is 3.31. The fraction of sp³-hybridized carbons (Fsp3) is 0.136. The van der Waals surface area contributed by atoms with Crippen LogP contribution < -0.4 is 14.9 Å². The molecule has 0 amide bonds. The Morgan fingerprint density at radius 1 is 0.971 bits per heavy atom. The van der Waals surface area contributed by atoms with Crippen molar-refractivity contribution in [2.24, 2.45) is 5.10 Å². The molecule has 1 N–H and O–H groups in total. The molecule has 12 heteroatoms. The first-order chi connectivity index (χ1) is 16.3. The normalized spacial score (nSPS) is 10.8. The summed E-state index contributed by atoms with van der Waals surface area (Å²) < 4.78 is 11.5. The summed E-state index contributed by atoms with van der Waals surface area (Å²) >= 11 is 12.1. The van der Waals surface area contributed by atoms with Crippen molar-refractivity contribution in [1.82, 2.24) is 0 Å². The van der Waals surface area contributed by atoms with Gasteiger partial charge in [-0.1, -0.05) is 29.3 Å². The van der Waals surface area contributed by atoms with Crippen molar-refractivity contribution in [2.75, 3.05) is 12.0 Å². The molecule has 0 saturated carbocycles. The van der Waals surface area contributed by atoms with Crippen LogP contribution in [0.2, 0.25) is 10.0 Å². The molecule has 3 aromatic rings. The van der Waals surface area contributed by atoms with Crippen LogP contribution in [0.25, 0.3) is 0 Å². The lowest BCUT2D eigenvalue weighted by Crippen LogP contribution is -2.01. The summed E-state index contributed by atoms with van der Waals surface area (Å²) in [4.78, 5) is 20.7. The molecule has 176 valence electrons. The molecule has 0 unspecified atom stereocenters. The fourth-order valence-electron chi connectivity index (χ4n) is 2.84. The van der Waals surface area contributed by atoms with Gasteiger partial charge in [0, 0.05) is 21.7 Å². The van der Waals surface area contributed by atoms with Crippen molar-refractivity contribution in [2.45, 2.75) is 13.5 Å². The van der Waals surface area contributed by atoms with Crippen molar-refractivity contribution in [3.05, 3.63) is 96.0 Å². The number of non-ortho nitro benzene ring substituents is 1. The maximum absolute atomic E-state index is 11.2. The molecule has 0 radical (unpaired) electrons. The smallest absolute Gasteiger partial charge is 0.301 e. The maximum atomic E-state index is 11.2. The molecule has 0 spiro atoms. The van der Waals surface area contributed by atoms with Gasteiger partial charge in [0.2, 0.25) is 0 Å². The van der Waals surface area contributed by atoms with Gasteiger partial charge in [0.15, 0.2) is 11.5 Å². The van der Waals surface area contributed by atoms with Gasteiger partial charge in [0.25, 0.3) is 5.69 Å². The molecule has 0 saturated heterocycles. The van der Waals surface area contributed by atoms with E-state index in [0.29, 0.717) is 33.7 Å². The number of nitro benzene ring substituents is 2. The molecule has 10 nitrogen and oxygen atoms in total. The Balaban J connectivity index is 1.75. The molecule has 0 aliphatic carbocycles. The minimum absolute atomic E-state index is 0.0108. The van der Waals surface area contributed by atoms with E-state index in [9.17, 15) is 20.2 Å². The molecular formula is C22H18Cl2N4O6. The minimum atomic E-state index is -0.725. The zero-order valence-corrected chi connectivity index (χ0v) is 19.2. The summed E-state index contributed by atoms with van der Waals surface area (Å²) in [5.41, 5.74) is 3.07. The second-order valence-corrected chi connectivity index (χ2v) is 7.59. The average molecular weight is 505 g/mol. The topological polar surface area (TPSA) is 129 Å². The van der Waals surface area contributed by atoms with Gasteiger partial charge in [-0.05, 0) is 48.9 Å². The zero-order chi connectivity index (χ0) is 24.7. The van der Waals surface area contributed by atoms with Crippen molar-refractivity contribution >= 4 is 46.5 Å². The molecule has 0 aliphatic heterocycles. The highest BCUT2D eigenvalue weighted by Gasteiger charge is 2.19. The van der Waals surface area contributed by atoms with Gasteiger partial charge in [-0.15, -0.1) is 0 Å². The largest absolute Gasteiger partial charge is 0.490 e. The van der Waals surface area contributed by atoms with Gasteiger partial charge in [0.05, 0.1) is 28.7 Å². The number of nitro groups is 2. The lowest BCUT2D eigenvalue weighted by Gasteiger charge is -2.13. The van der Waals surface area contributed by atoms with Crippen LogP contribution in [-0.4, -0.2) is 22.7 Å². The number of benzene rings is 3. The molecule has 0 aromatic heterocycles. The Morgan fingerprint density at radius 2 is 1.76 bits per heavy atom. The van der Waals surface area contributed by atoms with Crippen LogP contribution in [0.1, 0.15) is 18.1 Å². The number of hydrogen-bond donors (Lipinski definition) is 1. The minimum Gasteiger partial charge on any atom is -0.490 e. The molecular weight excluding hydrogens is 487 g/mol. The predicted octanol–water partition coefficient (Wildman–Crippen LogP) is 6.23. The number of halogens is 2. The van der Waals surface area contributed by atoms with Gasteiger partial charge in [-0.2, -0.15) is 5.10 Å². The van der Waals surface area contributed by atoms with Crippen LogP contribution >= 0.6 is 23.2 Å². The van der Waals surface area contributed by atoms with E-state index in [4.69, 9.17) is 32.7 Å². The van der Waals surface area contributed by atoms with Gasteiger partial charge < -0.3 is 9.47 Å². The third kappa shape index (κ3) is 6.33. The van der Waals surface area contributed by atoms with Crippen LogP contribution in [0.3, 0.4) is 0 Å². The molecule has 0 heterocycles. The van der Waals surface area contributed by atoms with Crippen molar-refractivity contribution in [3.63, 3.8) is 0 Å². The molecule has 0 aliphatic rings. The second-order valence-electron chi connectivity index (χ2n) is 6.75. The van der Waals surface area contributed by atoms with Crippen LogP contribution in [-0.2, 0) is 6.61 Å². The SMILES string of the molecule is CCOc1cc(/C=N\Nc2ccc([N+](=O)[O-])cc2[N+](=O)[O-])ccc1OCc1ccc(Cl)cc1Cl. The van der Waals surface area contributed by atoms with Crippen LogP contribution in [0.4, 0.5) is 17.1 Å². The Kier molecular flexibility index (Phi) is 8.23. The molecule has 0 fully saturated rings. The van der Waals surface area contributed by atoms with Crippen molar-refractivity contribution in [3.8, 4) is 11.5 Å². The third-order valence-corrected chi connectivity index (χ3v) is 5.04. The molecule has 34 heavy (non-hydrogen) atoms. The Labute approximate surface area is 204 Å². The van der Waals surface area contributed by atoms with Gasteiger partial charge >= 0.3 is 5.69 Å². The molecule has 0 atom stereocenters. The summed E-state index contributed by atoms with van der Waals surface area (Å²) in [6.07, 6.45) is 1.42. The van der Waals surface area contributed by atoms with E-state index in [-0.39, 0.29) is 12.3 Å². The lowest BCUT2D eigenvalue weighted by molar-refractivity contribution is -0.393. The van der Waals surface area contributed by atoms with Gasteiger partial charge in [-0.3, -0.25) is 25.7 Å². The highest BCUT2D eigenvalue weighted by Crippen LogP contribution is 2.31. The van der Waals surface area contributed by atoms with Crippen LogP contribution in [0, 0.1) is 20.2 Å². The number of nitrogens with one attached hydrogen (secondary N) is 1. The van der Waals surface area contributed by atoms with E-state index < -0.39 is 21.2 Å². The van der Waals surface area contributed by atoms with Gasteiger partial charge in [0.1, 0.15) is 12.3 Å². The van der Waals surface area contributed by atoms with E-state index in [1.54, 1.807) is 36.4 Å². The zero-order valence-electron chi connectivity index (χ0n) is 17.7. The standard InChI is InChI=1S/C22H18Cl2N4O6/c1-2-33-22-9-14(3-8-21(22)34-13-15-4-5-16(23)10-18(15)24)12-25-26-19-7-6-17(27(29)30)11-20(19)28(31)32/h3-12,26H,2,13H2,1H3/b25-12-. The van der Waals surface area contributed by atoms with Crippen molar-refractivity contribution < 1.29 is 19.3 Å². The van der Waals surface area contributed by atoms with Crippen LogP contribution in [0.5, 0.6) is 11.5 Å². The van der Waals surface area contributed by atoms with Crippen molar-refractivity contribution in [1.29, 1.82) is 0 Å². The number of ether oxygens (including phenoxy) is 2. The molecule has 0 bridgehead atoms. The number of nitrogens with zero attached hydrogens (tertiary/aromatic N) is 3. The Morgan fingerprint density at radius 3 is 2.44 bits per heavy atom. The second kappa shape index (κ2) is 11.3. The third-order valence-electron chi connectivity index (χ3n) is 4.45. The number of anilines is 1. The first-order valence-electron chi connectivity index (χ1n) is 9.84. The number of hydrogen-bond acceptors (Lipinski definition) is 8. The molecule has 3 rings (SSSR count). The van der Waals surface area contributed by atoms with E-state index in [1.807, 2.05) is 6.92 Å². The predicted molar refractivity (Wildman–Crippen MR) is 129 cm³/mol. The summed E-state index contributed by atoms with van der Waals surface area (Å²) in [7, 11) is 0. The average Bonchev–Trinajstić information content (AvgIpc) is 2.79. The van der Waals surface area contributed by atoms with E-state index >= 15 is 0 Å². The maximum Gasteiger partial charge on any atom is 0.301 e. The van der Waals surface area contributed by atoms with Crippen LogP contribution in [0.15, 0.2) is 59.7 Å². The summed E-state index contributed by atoms with van der Waals surface area (Å²) in [6, 6.07) is 13.5. The first-order valence-corrected chi connectivity index (χ1v) is 10.6. The highest BCUT2D eigenvalue weighted by molar-refractivity contribution is 6.35. The number of hydrazone groups is 1. The molecule has 3 aromatic carbocycles. The summed E-state index contributed by atoms with van der Waals surface area (Å²) in [5.74, 6) is 0.960. The Hall–Kier alpha value is -3.89. The monoisotopic (exact) mass is 504 g/mol. The first kappa shape index (κ1) is 24.7. The lowest BCUT2D eigenvalue weighted by atomic mass is 10.2. The highest BCUT2D eigenvalue weighted by atomic mass is 35.5. The van der Waals surface area contributed by atoms with E-state index in [1.165, 1.54) is 12.3 Å². The summed E-state index contributed by atoms with van der Waals surface area (Å²) in [6.45, 7) is 2.43.